The highest BCUT2D eigenvalue weighted by molar-refractivity contribution is 5.95. The third-order valence-electron chi connectivity index (χ3n) is 3.55. The van der Waals surface area contributed by atoms with Gasteiger partial charge in [0.05, 0.1) is 6.61 Å². The first-order chi connectivity index (χ1) is 10.7. The summed E-state index contributed by atoms with van der Waals surface area (Å²) in [5, 5.41) is 0.979. The summed E-state index contributed by atoms with van der Waals surface area (Å²) in [6.45, 7) is 2.60. The average molecular weight is 297 g/mol. The molecule has 3 rings (SSSR count). The van der Waals surface area contributed by atoms with Crippen molar-refractivity contribution >= 4 is 16.9 Å². The largest absolute Gasteiger partial charge is 0.461 e. The third-order valence-corrected chi connectivity index (χ3v) is 3.55. The second-order valence-corrected chi connectivity index (χ2v) is 5.02. The summed E-state index contributed by atoms with van der Waals surface area (Å²) in [6, 6.07) is 15.9. The summed E-state index contributed by atoms with van der Waals surface area (Å²) >= 11 is 0. The Morgan fingerprint density at radius 3 is 2.59 bits per heavy atom. The van der Waals surface area contributed by atoms with Crippen molar-refractivity contribution in [3.8, 4) is 0 Å². The summed E-state index contributed by atoms with van der Waals surface area (Å²) in [5.74, 6) is -0.618. The maximum atomic E-state index is 13.0. The van der Waals surface area contributed by atoms with Crippen molar-refractivity contribution in [1.82, 2.24) is 4.57 Å². The number of aromatic nitrogens is 1. The van der Waals surface area contributed by atoms with E-state index in [1.54, 1.807) is 19.1 Å². The molecule has 0 N–H and O–H groups in total. The highest BCUT2D eigenvalue weighted by atomic mass is 19.1. The molecule has 112 valence electrons. The molecule has 0 amide bonds. The number of rotatable bonds is 4. The first-order valence-corrected chi connectivity index (χ1v) is 7.19. The van der Waals surface area contributed by atoms with Crippen LogP contribution in [0.2, 0.25) is 0 Å². The van der Waals surface area contributed by atoms with Crippen molar-refractivity contribution in [2.24, 2.45) is 0 Å². The van der Waals surface area contributed by atoms with E-state index in [4.69, 9.17) is 4.74 Å². The van der Waals surface area contributed by atoms with Crippen molar-refractivity contribution in [2.45, 2.75) is 13.5 Å². The Balaban J connectivity index is 2.07. The molecule has 1 heterocycles. The first kappa shape index (κ1) is 14.3. The van der Waals surface area contributed by atoms with Gasteiger partial charge in [0, 0.05) is 17.4 Å². The zero-order valence-electron chi connectivity index (χ0n) is 12.3. The van der Waals surface area contributed by atoms with Gasteiger partial charge in [0.1, 0.15) is 11.5 Å². The SMILES string of the molecule is CCOC(=O)c1cc2ccccc2n1Cc1ccc(F)cc1. The molecule has 3 aromatic rings. The van der Waals surface area contributed by atoms with Crippen LogP contribution in [0.4, 0.5) is 4.39 Å². The number of esters is 1. The molecule has 0 aliphatic carbocycles. The van der Waals surface area contributed by atoms with E-state index in [1.807, 2.05) is 34.9 Å². The maximum Gasteiger partial charge on any atom is 0.354 e. The quantitative estimate of drug-likeness (QED) is 0.681. The summed E-state index contributed by atoms with van der Waals surface area (Å²) < 4.78 is 20.1. The summed E-state index contributed by atoms with van der Waals surface area (Å²) in [7, 11) is 0. The van der Waals surface area contributed by atoms with Gasteiger partial charge in [-0.1, -0.05) is 30.3 Å². The number of hydrogen-bond donors (Lipinski definition) is 0. The van der Waals surface area contributed by atoms with Crippen LogP contribution >= 0.6 is 0 Å². The Kier molecular flexibility index (Phi) is 3.92. The lowest BCUT2D eigenvalue weighted by Crippen LogP contribution is -2.12. The number of benzene rings is 2. The van der Waals surface area contributed by atoms with Crippen LogP contribution in [0.25, 0.3) is 10.9 Å². The van der Waals surface area contributed by atoms with Gasteiger partial charge < -0.3 is 9.30 Å². The van der Waals surface area contributed by atoms with Crippen molar-refractivity contribution < 1.29 is 13.9 Å². The van der Waals surface area contributed by atoms with Gasteiger partial charge in [0.15, 0.2) is 0 Å². The van der Waals surface area contributed by atoms with Crippen LogP contribution in [0.1, 0.15) is 23.0 Å². The second-order valence-electron chi connectivity index (χ2n) is 5.02. The molecular weight excluding hydrogens is 281 g/mol. The lowest BCUT2D eigenvalue weighted by Gasteiger charge is -2.10. The molecule has 0 saturated carbocycles. The summed E-state index contributed by atoms with van der Waals surface area (Å²) in [6.07, 6.45) is 0. The molecular formula is C18H16FNO2. The fourth-order valence-corrected chi connectivity index (χ4v) is 2.53. The molecule has 4 heteroatoms. The van der Waals surface area contributed by atoms with Gasteiger partial charge >= 0.3 is 5.97 Å². The summed E-state index contributed by atoms with van der Waals surface area (Å²) in [4.78, 5) is 12.2. The minimum absolute atomic E-state index is 0.272. The van der Waals surface area contributed by atoms with Gasteiger partial charge in [-0.05, 0) is 36.8 Å². The minimum Gasteiger partial charge on any atom is -0.461 e. The number of hydrogen-bond acceptors (Lipinski definition) is 2. The van der Waals surface area contributed by atoms with Crippen LogP contribution in [0.3, 0.4) is 0 Å². The normalized spacial score (nSPS) is 10.8. The van der Waals surface area contributed by atoms with E-state index < -0.39 is 0 Å². The molecule has 0 radical (unpaired) electrons. The average Bonchev–Trinajstić information content (AvgIpc) is 2.89. The lowest BCUT2D eigenvalue weighted by molar-refractivity contribution is 0.0515. The molecule has 0 unspecified atom stereocenters. The zero-order valence-corrected chi connectivity index (χ0v) is 12.3. The van der Waals surface area contributed by atoms with Crippen LogP contribution in [-0.4, -0.2) is 17.1 Å². The topological polar surface area (TPSA) is 31.2 Å². The molecule has 0 bridgehead atoms. The second kappa shape index (κ2) is 6.02. The highest BCUT2D eigenvalue weighted by Gasteiger charge is 2.16. The van der Waals surface area contributed by atoms with Crippen molar-refractivity contribution in [3.63, 3.8) is 0 Å². The predicted molar refractivity (Wildman–Crippen MR) is 83.4 cm³/mol. The Bertz CT molecular complexity index is 806. The van der Waals surface area contributed by atoms with Gasteiger partial charge in [-0.15, -0.1) is 0 Å². The first-order valence-electron chi connectivity index (χ1n) is 7.19. The van der Waals surface area contributed by atoms with E-state index in [9.17, 15) is 9.18 Å². The van der Waals surface area contributed by atoms with Gasteiger partial charge in [-0.3, -0.25) is 0 Å². The minimum atomic E-state index is -0.346. The zero-order chi connectivity index (χ0) is 15.5. The van der Waals surface area contributed by atoms with Gasteiger partial charge in [-0.2, -0.15) is 0 Å². The Hall–Kier alpha value is -2.62. The van der Waals surface area contributed by atoms with E-state index in [1.165, 1.54) is 12.1 Å². The highest BCUT2D eigenvalue weighted by Crippen LogP contribution is 2.22. The number of carbonyl (C=O) groups is 1. The molecule has 2 aromatic carbocycles. The van der Waals surface area contributed by atoms with E-state index in [0.717, 1.165) is 16.5 Å². The number of nitrogens with zero attached hydrogens (tertiary/aromatic N) is 1. The van der Waals surface area contributed by atoms with Crippen molar-refractivity contribution in [3.05, 3.63) is 71.7 Å². The molecule has 0 saturated heterocycles. The molecule has 3 nitrogen and oxygen atoms in total. The Morgan fingerprint density at radius 1 is 1.14 bits per heavy atom. The van der Waals surface area contributed by atoms with E-state index in [2.05, 4.69) is 0 Å². The van der Waals surface area contributed by atoms with Crippen molar-refractivity contribution in [2.75, 3.05) is 6.61 Å². The smallest absolute Gasteiger partial charge is 0.354 e. The third kappa shape index (κ3) is 2.72. The van der Waals surface area contributed by atoms with Crippen LogP contribution < -0.4 is 0 Å². The number of halogens is 1. The Morgan fingerprint density at radius 2 is 1.86 bits per heavy atom. The van der Waals surface area contributed by atoms with Crippen LogP contribution in [0.5, 0.6) is 0 Å². The molecule has 22 heavy (non-hydrogen) atoms. The van der Waals surface area contributed by atoms with E-state index >= 15 is 0 Å². The predicted octanol–water partition coefficient (Wildman–Crippen LogP) is 4.01. The monoisotopic (exact) mass is 297 g/mol. The molecule has 0 fully saturated rings. The number of ether oxygens (including phenoxy) is 1. The van der Waals surface area contributed by atoms with E-state index in [-0.39, 0.29) is 11.8 Å². The van der Waals surface area contributed by atoms with Crippen LogP contribution in [-0.2, 0) is 11.3 Å². The molecule has 1 aromatic heterocycles. The van der Waals surface area contributed by atoms with Crippen LogP contribution in [0, 0.1) is 5.82 Å². The maximum absolute atomic E-state index is 13.0. The number of para-hydroxylation sites is 1. The standard InChI is InChI=1S/C18H16FNO2/c1-2-22-18(21)17-11-14-5-3-4-6-16(14)20(17)12-13-7-9-15(19)10-8-13/h3-11H,2,12H2,1H3. The van der Waals surface area contributed by atoms with Gasteiger partial charge in [-0.25, -0.2) is 9.18 Å². The molecule has 0 aliphatic rings. The molecule has 0 spiro atoms. The Labute approximate surface area is 127 Å². The molecule has 0 aliphatic heterocycles. The van der Waals surface area contributed by atoms with Gasteiger partial charge in [0.2, 0.25) is 0 Å². The van der Waals surface area contributed by atoms with Gasteiger partial charge in [0.25, 0.3) is 0 Å². The number of fused-ring (bicyclic) bond motifs is 1. The lowest BCUT2D eigenvalue weighted by atomic mass is 10.2. The van der Waals surface area contributed by atoms with E-state index in [0.29, 0.717) is 18.8 Å². The van der Waals surface area contributed by atoms with Crippen molar-refractivity contribution in [1.29, 1.82) is 0 Å². The van der Waals surface area contributed by atoms with Crippen LogP contribution in [0.15, 0.2) is 54.6 Å². The summed E-state index contributed by atoms with van der Waals surface area (Å²) in [5.41, 5.74) is 2.38. The fourth-order valence-electron chi connectivity index (χ4n) is 2.53. The number of carbonyl (C=O) groups excluding carboxylic acids is 1. The molecule has 0 atom stereocenters. The fraction of sp³-hybridized carbons (Fsp3) is 0.167.